The fourth-order valence-corrected chi connectivity index (χ4v) is 6.10. The van der Waals surface area contributed by atoms with Crippen molar-refractivity contribution >= 4 is 31.6 Å². The topological polar surface area (TPSA) is 144 Å². The Hall–Kier alpha value is -3.02. The van der Waals surface area contributed by atoms with Gasteiger partial charge in [0.05, 0.1) is 10.6 Å². The molecule has 176 valence electrons. The number of hydrogen-bond donors (Lipinski definition) is 3. The van der Waals surface area contributed by atoms with E-state index in [9.17, 15) is 16.8 Å². The van der Waals surface area contributed by atoms with E-state index >= 15 is 0 Å². The summed E-state index contributed by atoms with van der Waals surface area (Å²) in [6.45, 7) is 4.54. The number of nitrogens with two attached hydrogens (primary N) is 1. The highest BCUT2D eigenvalue weighted by Gasteiger charge is 2.22. The molecule has 3 rings (SSSR count). The molecular formula is C22H27N5O4S2. The van der Waals surface area contributed by atoms with Gasteiger partial charge in [0, 0.05) is 31.0 Å². The number of aromatic nitrogens is 2. The Morgan fingerprint density at radius 1 is 0.879 bits per heavy atom. The summed E-state index contributed by atoms with van der Waals surface area (Å²) < 4.78 is 51.5. The van der Waals surface area contributed by atoms with Crippen LogP contribution >= 0.6 is 0 Å². The van der Waals surface area contributed by atoms with E-state index in [0.29, 0.717) is 24.5 Å². The molecule has 11 heteroatoms. The summed E-state index contributed by atoms with van der Waals surface area (Å²) in [4.78, 5) is 8.01. The molecule has 0 unspecified atom stereocenters. The molecule has 0 radical (unpaired) electrons. The van der Waals surface area contributed by atoms with Crippen molar-refractivity contribution in [2.45, 2.75) is 30.1 Å². The Kier molecular flexibility index (Phi) is 7.35. The van der Waals surface area contributed by atoms with Crippen molar-refractivity contribution in [3.63, 3.8) is 0 Å². The van der Waals surface area contributed by atoms with E-state index in [-0.39, 0.29) is 22.3 Å². The SMILES string of the molecule is Cc1cc(C)cc(-c2cc(NCCCNS(=O)(=O)c3ccccc3S(C)(=O)=O)nc(N)n2)c1. The predicted molar refractivity (Wildman–Crippen MR) is 129 cm³/mol. The van der Waals surface area contributed by atoms with Gasteiger partial charge >= 0.3 is 0 Å². The Morgan fingerprint density at radius 2 is 1.52 bits per heavy atom. The minimum absolute atomic E-state index is 0.109. The van der Waals surface area contributed by atoms with Gasteiger partial charge in [-0.2, -0.15) is 4.98 Å². The highest BCUT2D eigenvalue weighted by atomic mass is 32.2. The first kappa shape index (κ1) is 24.6. The molecule has 0 saturated heterocycles. The molecule has 3 aromatic rings. The normalized spacial score (nSPS) is 12.0. The molecule has 0 saturated carbocycles. The maximum atomic E-state index is 12.6. The summed E-state index contributed by atoms with van der Waals surface area (Å²) in [6, 6.07) is 13.4. The third kappa shape index (κ3) is 6.50. The molecular weight excluding hydrogens is 462 g/mol. The summed E-state index contributed by atoms with van der Waals surface area (Å²) in [6.07, 6.45) is 1.41. The summed E-state index contributed by atoms with van der Waals surface area (Å²) in [5.74, 6) is 0.661. The van der Waals surface area contributed by atoms with Crippen LogP contribution in [0.2, 0.25) is 0 Å². The lowest BCUT2D eigenvalue weighted by Crippen LogP contribution is -2.27. The zero-order valence-corrected chi connectivity index (χ0v) is 20.3. The number of nitrogens with zero attached hydrogens (tertiary/aromatic N) is 2. The lowest BCUT2D eigenvalue weighted by atomic mass is 10.0. The standard InChI is InChI=1S/C22H27N5O4S2/c1-15-11-16(2)13-17(12-15)18-14-21(27-22(23)26-18)24-9-6-10-25-33(30,31)20-8-5-4-7-19(20)32(3,28)29/h4-5,7-8,11-14,25H,6,9-10H2,1-3H3,(H3,23,24,26,27). The molecule has 0 fully saturated rings. The van der Waals surface area contributed by atoms with Crippen LogP contribution in [0.1, 0.15) is 17.5 Å². The molecule has 0 spiro atoms. The van der Waals surface area contributed by atoms with E-state index in [0.717, 1.165) is 22.9 Å². The molecule has 1 heterocycles. The minimum atomic E-state index is -3.98. The maximum Gasteiger partial charge on any atom is 0.241 e. The molecule has 0 bridgehead atoms. The molecule has 0 amide bonds. The van der Waals surface area contributed by atoms with E-state index in [1.54, 1.807) is 6.07 Å². The van der Waals surface area contributed by atoms with Crippen molar-refractivity contribution in [2.75, 3.05) is 30.4 Å². The Labute approximate surface area is 194 Å². The van der Waals surface area contributed by atoms with Crippen LogP contribution in [0.5, 0.6) is 0 Å². The lowest BCUT2D eigenvalue weighted by molar-refractivity contribution is 0.573. The molecule has 0 atom stereocenters. The summed E-state index contributed by atoms with van der Waals surface area (Å²) in [5.41, 5.74) is 9.72. The monoisotopic (exact) mass is 489 g/mol. The molecule has 9 nitrogen and oxygen atoms in total. The van der Waals surface area contributed by atoms with E-state index in [2.05, 4.69) is 26.1 Å². The maximum absolute atomic E-state index is 12.6. The van der Waals surface area contributed by atoms with Gasteiger partial charge in [-0.25, -0.2) is 26.5 Å². The Balaban J connectivity index is 1.63. The van der Waals surface area contributed by atoms with Gasteiger partial charge in [0.15, 0.2) is 9.84 Å². The number of rotatable bonds is 9. The molecule has 33 heavy (non-hydrogen) atoms. The highest BCUT2D eigenvalue weighted by molar-refractivity contribution is 7.93. The predicted octanol–water partition coefficient (Wildman–Crippen LogP) is 2.53. The second-order valence-corrected chi connectivity index (χ2v) is 11.5. The number of benzene rings is 2. The number of nitrogen functional groups attached to an aromatic ring is 1. The molecule has 0 aliphatic rings. The van der Waals surface area contributed by atoms with Gasteiger partial charge < -0.3 is 11.1 Å². The van der Waals surface area contributed by atoms with Gasteiger partial charge in [-0.15, -0.1) is 0 Å². The van der Waals surface area contributed by atoms with E-state index < -0.39 is 19.9 Å². The number of nitrogens with one attached hydrogen (secondary N) is 2. The van der Waals surface area contributed by atoms with Crippen molar-refractivity contribution in [3.05, 3.63) is 59.7 Å². The molecule has 0 aliphatic heterocycles. The average Bonchev–Trinajstić information content (AvgIpc) is 2.72. The second kappa shape index (κ2) is 9.86. The van der Waals surface area contributed by atoms with Crippen LogP contribution in [0, 0.1) is 13.8 Å². The van der Waals surface area contributed by atoms with Crippen molar-refractivity contribution in [1.82, 2.24) is 14.7 Å². The number of aryl methyl sites for hydroxylation is 2. The van der Waals surface area contributed by atoms with Crippen molar-refractivity contribution < 1.29 is 16.8 Å². The van der Waals surface area contributed by atoms with Gasteiger partial charge in [0.1, 0.15) is 10.7 Å². The summed E-state index contributed by atoms with van der Waals surface area (Å²) in [7, 11) is -7.66. The van der Waals surface area contributed by atoms with Gasteiger partial charge in [-0.1, -0.05) is 29.3 Å². The van der Waals surface area contributed by atoms with Gasteiger partial charge in [-0.3, -0.25) is 0 Å². The van der Waals surface area contributed by atoms with E-state index in [4.69, 9.17) is 5.73 Å². The van der Waals surface area contributed by atoms with Crippen molar-refractivity contribution in [1.29, 1.82) is 0 Å². The largest absolute Gasteiger partial charge is 0.370 e. The van der Waals surface area contributed by atoms with Crippen LogP contribution < -0.4 is 15.8 Å². The Bertz CT molecular complexity index is 1350. The minimum Gasteiger partial charge on any atom is -0.370 e. The molecule has 1 aromatic heterocycles. The van der Waals surface area contributed by atoms with Crippen LogP contribution in [0.25, 0.3) is 11.3 Å². The van der Waals surface area contributed by atoms with Crippen molar-refractivity contribution in [2.24, 2.45) is 0 Å². The Morgan fingerprint density at radius 3 is 2.15 bits per heavy atom. The lowest BCUT2D eigenvalue weighted by Gasteiger charge is -2.11. The zero-order chi connectivity index (χ0) is 24.2. The first-order valence-electron chi connectivity index (χ1n) is 10.2. The fraction of sp³-hybridized carbons (Fsp3) is 0.273. The quantitative estimate of drug-likeness (QED) is 0.389. The number of hydrogen-bond acceptors (Lipinski definition) is 8. The first-order valence-corrected chi connectivity index (χ1v) is 13.6. The first-order chi connectivity index (χ1) is 15.5. The van der Waals surface area contributed by atoms with Crippen LogP contribution in [-0.2, 0) is 19.9 Å². The second-order valence-electron chi connectivity index (χ2n) is 7.77. The number of sulfone groups is 1. The summed E-state index contributed by atoms with van der Waals surface area (Å²) >= 11 is 0. The van der Waals surface area contributed by atoms with Crippen LogP contribution in [0.3, 0.4) is 0 Å². The van der Waals surface area contributed by atoms with Gasteiger partial charge in [0.25, 0.3) is 0 Å². The van der Waals surface area contributed by atoms with Gasteiger partial charge in [0.2, 0.25) is 16.0 Å². The van der Waals surface area contributed by atoms with E-state index in [1.807, 2.05) is 26.0 Å². The van der Waals surface area contributed by atoms with Crippen molar-refractivity contribution in [3.8, 4) is 11.3 Å². The fourth-order valence-electron chi connectivity index (χ4n) is 3.39. The zero-order valence-electron chi connectivity index (χ0n) is 18.7. The molecule has 2 aromatic carbocycles. The highest BCUT2D eigenvalue weighted by Crippen LogP contribution is 2.23. The average molecular weight is 490 g/mol. The molecule has 0 aliphatic carbocycles. The third-order valence-corrected chi connectivity index (χ3v) is 7.55. The third-order valence-electron chi connectivity index (χ3n) is 4.75. The van der Waals surface area contributed by atoms with Crippen LogP contribution in [0.4, 0.5) is 11.8 Å². The smallest absolute Gasteiger partial charge is 0.241 e. The molecule has 4 N–H and O–H groups in total. The number of anilines is 2. The summed E-state index contributed by atoms with van der Waals surface area (Å²) in [5, 5.41) is 3.12. The van der Waals surface area contributed by atoms with E-state index in [1.165, 1.54) is 24.3 Å². The number of sulfonamides is 1. The van der Waals surface area contributed by atoms with Crippen LogP contribution in [0.15, 0.2) is 58.3 Å². The van der Waals surface area contributed by atoms with Crippen LogP contribution in [-0.4, -0.2) is 46.1 Å². The van der Waals surface area contributed by atoms with Gasteiger partial charge in [-0.05, 0) is 44.5 Å².